The molecule has 0 saturated carbocycles. The first-order valence-electron chi connectivity index (χ1n) is 9.87. The molecular weight excluding hydrogens is 422 g/mol. The summed E-state index contributed by atoms with van der Waals surface area (Å²) in [5.41, 5.74) is 8.01. The van der Waals surface area contributed by atoms with Gasteiger partial charge in [0.05, 0.1) is 10.3 Å². The van der Waals surface area contributed by atoms with E-state index in [2.05, 4.69) is 10.1 Å². The number of thiazole rings is 1. The predicted molar refractivity (Wildman–Crippen MR) is 126 cm³/mol. The van der Waals surface area contributed by atoms with E-state index in [0.29, 0.717) is 4.88 Å². The van der Waals surface area contributed by atoms with Crippen LogP contribution in [0.3, 0.4) is 0 Å². The summed E-state index contributed by atoms with van der Waals surface area (Å²) in [6.07, 6.45) is 0. The fourth-order valence-electron chi connectivity index (χ4n) is 3.98. The van der Waals surface area contributed by atoms with Crippen molar-refractivity contribution in [3.8, 4) is 0 Å². The zero-order valence-electron chi connectivity index (χ0n) is 17.3. The molecule has 3 aromatic carbocycles. The predicted octanol–water partition coefficient (Wildman–Crippen LogP) is 4.54. The monoisotopic (exact) mass is 443 g/mol. The normalized spacial score (nSPS) is 11.8. The summed E-state index contributed by atoms with van der Waals surface area (Å²) in [5.74, 6) is -1.25. The minimum atomic E-state index is -1.25. The molecule has 160 valence electrons. The summed E-state index contributed by atoms with van der Waals surface area (Å²) >= 11 is 1.24. The van der Waals surface area contributed by atoms with Crippen molar-refractivity contribution >= 4 is 28.1 Å². The number of hydrogen-bond acceptors (Lipinski definition) is 6. The number of carboxylic acids is 1. The second kappa shape index (κ2) is 9.03. The number of rotatable bonds is 7. The van der Waals surface area contributed by atoms with Gasteiger partial charge in [0, 0.05) is 0 Å². The van der Waals surface area contributed by atoms with Crippen LogP contribution in [-0.4, -0.2) is 28.9 Å². The third kappa shape index (κ3) is 3.63. The van der Waals surface area contributed by atoms with Gasteiger partial charge in [-0.2, -0.15) is 0 Å². The molecule has 0 fully saturated rings. The quantitative estimate of drug-likeness (QED) is 0.248. The standard InChI is InChI=1S/C25H21N3O3S/c1-31-28-21(23(29)30)20-22(32-24(26)27-20)25(17-11-5-2-6-12-17,18-13-7-3-8-14-18)19-15-9-4-10-16-19/h2-16H,1H3,(H2,26,27)(H,29,30). The van der Waals surface area contributed by atoms with Gasteiger partial charge >= 0.3 is 5.97 Å². The number of nitrogens with zero attached hydrogens (tertiary/aromatic N) is 2. The Labute approximate surface area is 189 Å². The Bertz CT molecular complexity index is 1140. The average molecular weight is 444 g/mol. The molecule has 0 aliphatic heterocycles. The van der Waals surface area contributed by atoms with Crippen LogP contribution in [0.4, 0.5) is 5.13 Å². The second-order valence-corrected chi connectivity index (χ2v) is 8.04. The van der Waals surface area contributed by atoms with Crippen LogP contribution in [0.5, 0.6) is 0 Å². The molecule has 0 spiro atoms. The van der Waals surface area contributed by atoms with Crippen molar-refractivity contribution in [2.45, 2.75) is 5.41 Å². The number of nitrogens with two attached hydrogens (primary N) is 1. The number of aliphatic carboxylic acids is 1. The fourth-order valence-corrected chi connectivity index (χ4v) is 5.08. The smallest absolute Gasteiger partial charge is 0.360 e. The van der Waals surface area contributed by atoms with E-state index >= 15 is 0 Å². The Morgan fingerprint density at radius 1 is 0.906 bits per heavy atom. The lowest BCUT2D eigenvalue weighted by Crippen LogP contribution is -2.33. The number of benzene rings is 3. The SMILES string of the molecule is CON=C(C(=O)O)c1nc(N)sc1C(c1ccccc1)(c1ccccc1)c1ccccc1. The highest BCUT2D eigenvalue weighted by atomic mass is 32.1. The minimum Gasteiger partial charge on any atom is -0.476 e. The van der Waals surface area contributed by atoms with E-state index in [1.807, 2.05) is 91.0 Å². The van der Waals surface area contributed by atoms with Gasteiger partial charge < -0.3 is 15.7 Å². The van der Waals surface area contributed by atoms with Crippen molar-refractivity contribution < 1.29 is 14.7 Å². The Hall–Kier alpha value is -3.97. The average Bonchev–Trinajstić information content (AvgIpc) is 3.21. The molecule has 0 radical (unpaired) electrons. The number of nitrogen functional groups attached to an aromatic ring is 1. The third-order valence-electron chi connectivity index (χ3n) is 5.21. The van der Waals surface area contributed by atoms with Gasteiger partial charge in [-0.15, -0.1) is 0 Å². The summed E-state index contributed by atoms with van der Waals surface area (Å²) in [6, 6.07) is 29.7. The molecule has 0 unspecified atom stereocenters. The first kappa shape index (κ1) is 21.3. The van der Waals surface area contributed by atoms with E-state index in [-0.39, 0.29) is 16.5 Å². The molecule has 0 amide bonds. The molecule has 0 bridgehead atoms. The van der Waals surface area contributed by atoms with E-state index in [9.17, 15) is 9.90 Å². The number of anilines is 1. The van der Waals surface area contributed by atoms with Crippen LogP contribution >= 0.6 is 11.3 Å². The van der Waals surface area contributed by atoms with Crippen LogP contribution in [0.1, 0.15) is 27.3 Å². The Kier molecular flexibility index (Phi) is 6.00. The van der Waals surface area contributed by atoms with Crippen LogP contribution in [0, 0.1) is 0 Å². The molecule has 0 saturated heterocycles. The van der Waals surface area contributed by atoms with Crippen molar-refractivity contribution in [2.24, 2.45) is 5.16 Å². The highest BCUT2D eigenvalue weighted by molar-refractivity contribution is 7.16. The Morgan fingerprint density at radius 3 is 1.72 bits per heavy atom. The number of carbonyl (C=O) groups is 1. The highest BCUT2D eigenvalue weighted by Gasteiger charge is 2.43. The number of hydrogen-bond donors (Lipinski definition) is 2. The zero-order valence-corrected chi connectivity index (χ0v) is 18.1. The second-order valence-electron chi connectivity index (χ2n) is 7.01. The molecule has 0 aliphatic carbocycles. The van der Waals surface area contributed by atoms with Gasteiger partial charge in [-0.1, -0.05) is 107 Å². The number of carboxylic acid groups (broad SMARTS) is 1. The fraction of sp³-hybridized carbons (Fsp3) is 0.0800. The summed E-state index contributed by atoms with van der Waals surface area (Å²) in [5, 5.41) is 13.9. The van der Waals surface area contributed by atoms with E-state index in [4.69, 9.17) is 10.6 Å². The van der Waals surface area contributed by atoms with E-state index in [1.165, 1.54) is 18.4 Å². The van der Waals surface area contributed by atoms with Crippen molar-refractivity contribution in [1.82, 2.24) is 4.98 Å². The van der Waals surface area contributed by atoms with Crippen molar-refractivity contribution in [3.63, 3.8) is 0 Å². The van der Waals surface area contributed by atoms with E-state index in [0.717, 1.165) is 16.7 Å². The largest absolute Gasteiger partial charge is 0.476 e. The van der Waals surface area contributed by atoms with Crippen LogP contribution in [0.2, 0.25) is 0 Å². The Balaban J connectivity index is 2.18. The number of aromatic nitrogens is 1. The van der Waals surface area contributed by atoms with Gasteiger partial charge in [0.1, 0.15) is 12.8 Å². The summed E-state index contributed by atoms with van der Waals surface area (Å²) < 4.78 is 0. The molecule has 1 aromatic heterocycles. The van der Waals surface area contributed by atoms with E-state index in [1.54, 1.807) is 0 Å². The van der Waals surface area contributed by atoms with Gasteiger partial charge in [0.2, 0.25) is 5.71 Å². The molecule has 0 atom stereocenters. The Morgan fingerprint density at radius 2 is 1.34 bits per heavy atom. The van der Waals surface area contributed by atoms with Gasteiger partial charge in [-0.05, 0) is 16.7 Å². The maximum absolute atomic E-state index is 12.1. The van der Waals surface area contributed by atoms with Crippen LogP contribution in [-0.2, 0) is 15.0 Å². The van der Waals surface area contributed by atoms with Crippen LogP contribution < -0.4 is 5.73 Å². The summed E-state index contributed by atoms with van der Waals surface area (Å²) in [6.45, 7) is 0. The topological polar surface area (TPSA) is 97.8 Å². The van der Waals surface area contributed by atoms with Crippen LogP contribution in [0.15, 0.2) is 96.2 Å². The minimum absolute atomic E-state index is 0.179. The molecule has 4 aromatic rings. The lowest BCUT2D eigenvalue weighted by molar-refractivity contribution is -0.129. The van der Waals surface area contributed by atoms with Gasteiger partial charge in [-0.3, -0.25) is 0 Å². The number of oxime groups is 1. The maximum Gasteiger partial charge on any atom is 0.360 e. The highest BCUT2D eigenvalue weighted by Crippen LogP contribution is 2.49. The molecule has 32 heavy (non-hydrogen) atoms. The van der Waals surface area contributed by atoms with Crippen molar-refractivity contribution in [3.05, 3.63) is 118 Å². The maximum atomic E-state index is 12.1. The molecule has 7 heteroatoms. The molecule has 0 aliphatic rings. The van der Waals surface area contributed by atoms with Gasteiger partial charge in [-0.25, -0.2) is 9.78 Å². The van der Waals surface area contributed by atoms with Crippen molar-refractivity contribution in [2.75, 3.05) is 12.8 Å². The summed E-state index contributed by atoms with van der Waals surface area (Å²) in [7, 11) is 1.30. The molecule has 1 heterocycles. The lowest BCUT2D eigenvalue weighted by atomic mass is 9.67. The molecular formula is C25H21N3O3S. The molecule has 6 nitrogen and oxygen atoms in total. The van der Waals surface area contributed by atoms with Crippen molar-refractivity contribution in [1.29, 1.82) is 0 Å². The molecule has 4 rings (SSSR count). The molecule has 3 N–H and O–H groups in total. The zero-order chi connectivity index (χ0) is 22.6. The lowest BCUT2D eigenvalue weighted by Gasteiger charge is -2.35. The van der Waals surface area contributed by atoms with E-state index < -0.39 is 11.4 Å². The first-order valence-corrected chi connectivity index (χ1v) is 10.7. The van der Waals surface area contributed by atoms with Gasteiger partial charge in [0.25, 0.3) is 0 Å². The van der Waals surface area contributed by atoms with Crippen LogP contribution in [0.25, 0.3) is 0 Å². The first-order chi connectivity index (χ1) is 15.6. The van der Waals surface area contributed by atoms with Gasteiger partial charge in [0.15, 0.2) is 5.13 Å². The summed E-state index contributed by atoms with van der Waals surface area (Å²) in [4.78, 5) is 22.0. The third-order valence-corrected chi connectivity index (χ3v) is 6.22.